The predicted molar refractivity (Wildman–Crippen MR) is 141 cm³/mol. The number of aromatic nitrogens is 2. The average molecular weight is 510 g/mol. The Morgan fingerprint density at radius 2 is 1.89 bits per heavy atom. The molecule has 5 rings (SSSR count). The van der Waals surface area contributed by atoms with Crippen molar-refractivity contribution in [2.45, 2.75) is 44.8 Å². The number of fused-ring (bicyclic) bond motifs is 1. The highest BCUT2D eigenvalue weighted by Crippen LogP contribution is 2.38. The summed E-state index contributed by atoms with van der Waals surface area (Å²) in [5.41, 5.74) is 2.61. The molecule has 2 aliphatic rings. The number of halogens is 1. The van der Waals surface area contributed by atoms with Crippen molar-refractivity contribution in [2.75, 3.05) is 39.1 Å². The number of amides is 1. The molecule has 190 valence electrons. The van der Waals surface area contributed by atoms with Crippen LogP contribution in [0, 0.1) is 6.92 Å². The number of carbonyl (C=O) groups excluding carboxylic acids is 1. The first kappa shape index (κ1) is 24.6. The number of ether oxygens (including phenoxy) is 2. The minimum absolute atomic E-state index is 0.0898. The molecule has 9 heteroatoms. The van der Waals surface area contributed by atoms with Gasteiger partial charge >= 0.3 is 0 Å². The summed E-state index contributed by atoms with van der Waals surface area (Å²) in [7, 11) is 3.52. The maximum Gasteiger partial charge on any atom is 0.236 e. The van der Waals surface area contributed by atoms with Crippen LogP contribution in [-0.2, 0) is 4.79 Å². The Balaban J connectivity index is 1.33. The monoisotopic (exact) mass is 509 g/mol. The second-order valence-corrected chi connectivity index (χ2v) is 10.0. The normalized spacial score (nSPS) is 21.0. The van der Waals surface area contributed by atoms with Crippen LogP contribution in [0.1, 0.15) is 31.2 Å². The highest BCUT2D eigenvalue weighted by molar-refractivity contribution is 6.31. The molecular formula is C27H32ClN5O3. The van der Waals surface area contributed by atoms with Crippen molar-refractivity contribution in [1.29, 1.82) is 0 Å². The average Bonchev–Trinajstić information content (AvgIpc) is 2.89. The highest BCUT2D eigenvalue weighted by Gasteiger charge is 2.31. The molecule has 36 heavy (non-hydrogen) atoms. The van der Waals surface area contributed by atoms with Gasteiger partial charge in [0.1, 0.15) is 12.1 Å². The van der Waals surface area contributed by atoms with Crippen molar-refractivity contribution < 1.29 is 14.3 Å². The zero-order chi connectivity index (χ0) is 25.2. The van der Waals surface area contributed by atoms with Gasteiger partial charge in [0.05, 0.1) is 25.3 Å². The summed E-state index contributed by atoms with van der Waals surface area (Å²) in [5, 5.41) is 4.94. The smallest absolute Gasteiger partial charge is 0.236 e. The molecule has 0 bridgehead atoms. The molecule has 0 unspecified atom stereocenters. The summed E-state index contributed by atoms with van der Waals surface area (Å²) in [5.74, 6) is 2.23. The summed E-state index contributed by atoms with van der Waals surface area (Å²) in [6.45, 7) is 4.24. The van der Waals surface area contributed by atoms with E-state index < -0.39 is 0 Å². The van der Waals surface area contributed by atoms with E-state index in [9.17, 15) is 4.79 Å². The molecule has 1 aliphatic heterocycles. The third-order valence-corrected chi connectivity index (χ3v) is 7.79. The lowest BCUT2D eigenvalue weighted by Crippen LogP contribution is -2.53. The van der Waals surface area contributed by atoms with E-state index in [1.54, 1.807) is 7.11 Å². The number of hydrogen-bond acceptors (Lipinski definition) is 7. The van der Waals surface area contributed by atoms with E-state index in [0.717, 1.165) is 60.9 Å². The van der Waals surface area contributed by atoms with Crippen molar-refractivity contribution in [2.24, 2.45) is 0 Å². The molecule has 2 aromatic carbocycles. The van der Waals surface area contributed by atoms with Gasteiger partial charge in [-0.1, -0.05) is 17.7 Å². The van der Waals surface area contributed by atoms with Crippen molar-refractivity contribution >= 4 is 39.9 Å². The van der Waals surface area contributed by atoms with Gasteiger partial charge in [-0.05, 0) is 56.4 Å². The minimum atomic E-state index is 0.0898. The molecular weight excluding hydrogens is 478 g/mol. The Hall–Kier alpha value is -3.10. The Kier molecular flexibility index (Phi) is 7.16. The fourth-order valence-corrected chi connectivity index (χ4v) is 5.26. The molecule has 0 atom stereocenters. The summed E-state index contributed by atoms with van der Waals surface area (Å²) < 4.78 is 12.1. The maximum atomic E-state index is 12.1. The van der Waals surface area contributed by atoms with Gasteiger partial charge < -0.3 is 19.7 Å². The van der Waals surface area contributed by atoms with Crippen LogP contribution in [-0.4, -0.2) is 71.6 Å². The summed E-state index contributed by atoms with van der Waals surface area (Å²) in [6, 6.07) is 10.0. The van der Waals surface area contributed by atoms with E-state index in [0.29, 0.717) is 34.9 Å². The van der Waals surface area contributed by atoms with Gasteiger partial charge in [-0.3, -0.25) is 9.69 Å². The first-order chi connectivity index (χ1) is 17.4. The number of methoxy groups -OCH3 is 1. The van der Waals surface area contributed by atoms with Gasteiger partial charge in [0.15, 0.2) is 11.5 Å². The fraction of sp³-hybridized carbons (Fsp3) is 0.444. The Morgan fingerprint density at radius 1 is 1.08 bits per heavy atom. The molecule has 1 aromatic heterocycles. The quantitative estimate of drug-likeness (QED) is 0.511. The Morgan fingerprint density at radius 3 is 2.64 bits per heavy atom. The fourth-order valence-electron chi connectivity index (χ4n) is 5.08. The third-order valence-electron chi connectivity index (χ3n) is 7.38. The number of hydrogen-bond donors (Lipinski definition) is 1. The molecule has 0 radical (unpaired) electrons. The molecule has 2 heterocycles. The standard InChI is InChI=1S/C27H32ClN5O3/c1-17-21(28)5-4-6-22(17)31-27-20-13-25(24(35-3)14-23(20)29-16-30-27)36-19-9-7-18(8-10-19)33-12-11-32(2)26(34)15-33/h4-6,13-14,16,18-19H,7-12,15H2,1-3H3,(H,29,30,31)/t18-,19+. The summed E-state index contributed by atoms with van der Waals surface area (Å²) in [6.07, 6.45) is 5.53. The number of carbonyl (C=O) groups is 1. The molecule has 8 nitrogen and oxygen atoms in total. The number of piperazine rings is 1. The molecule has 1 amide bonds. The van der Waals surface area contributed by atoms with E-state index in [1.807, 2.05) is 49.2 Å². The van der Waals surface area contributed by atoms with Crippen molar-refractivity contribution in [3.05, 3.63) is 47.2 Å². The van der Waals surface area contributed by atoms with Gasteiger partial charge in [-0.15, -0.1) is 0 Å². The lowest BCUT2D eigenvalue weighted by Gasteiger charge is -2.40. The molecule has 3 aromatic rings. The van der Waals surface area contributed by atoms with Crippen LogP contribution >= 0.6 is 11.6 Å². The van der Waals surface area contributed by atoms with Gasteiger partial charge in [0.2, 0.25) is 5.91 Å². The van der Waals surface area contributed by atoms with Crippen LogP contribution in [0.4, 0.5) is 11.5 Å². The number of likely N-dealkylation sites (N-methyl/N-ethyl adjacent to an activating group) is 1. The topological polar surface area (TPSA) is 79.8 Å². The molecule has 1 saturated carbocycles. The van der Waals surface area contributed by atoms with Crippen molar-refractivity contribution in [3.63, 3.8) is 0 Å². The zero-order valence-electron chi connectivity index (χ0n) is 21.0. The third kappa shape index (κ3) is 5.06. The lowest BCUT2D eigenvalue weighted by atomic mass is 9.91. The Labute approximate surface area is 216 Å². The van der Waals surface area contributed by atoms with E-state index in [4.69, 9.17) is 21.1 Å². The number of anilines is 2. The molecule has 1 N–H and O–H groups in total. The van der Waals surface area contributed by atoms with Crippen LogP contribution in [0.2, 0.25) is 5.02 Å². The minimum Gasteiger partial charge on any atom is -0.493 e. The molecule has 2 fully saturated rings. The largest absolute Gasteiger partial charge is 0.493 e. The molecule has 1 aliphatic carbocycles. The van der Waals surface area contributed by atoms with Crippen LogP contribution in [0.5, 0.6) is 11.5 Å². The van der Waals surface area contributed by atoms with E-state index in [1.165, 1.54) is 6.33 Å². The molecule has 1 saturated heterocycles. The van der Waals surface area contributed by atoms with Crippen LogP contribution in [0.3, 0.4) is 0 Å². The Bertz CT molecular complexity index is 1260. The maximum absolute atomic E-state index is 12.1. The van der Waals surface area contributed by atoms with E-state index >= 15 is 0 Å². The first-order valence-corrected chi connectivity index (χ1v) is 12.8. The number of rotatable bonds is 6. The number of nitrogens with one attached hydrogen (secondary N) is 1. The summed E-state index contributed by atoms with van der Waals surface area (Å²) in [4.78, 5) is 25.2. The molecule has 0 spiro atoms. The first-order valence-electron chi connectivity index (χ1n) is 12.4. The van der Waals surface area contributed by atoms with Gasteiger partial charge in [0.25, 0.3) is 0 Å². The SMILES string of the molecule is COc1cc2ncnc(Nc3cccc(Cl)c3C)c2cc1O[C@H]1CC[C@@H](N2CCN(C)C(=O)C2)CC1. The van der Waals surface area contributed by atoms with Crippen LogP contribution < -0.4 is 14.8 Å². The number of benzene rings is 2. The predicted octanol–water partition coefficient (Wildman–Crippen LogP) is 4.81. The van der Waals surface area contributed by atoms with Crippen LogP contribution in [0.25, 0.3) is 10.9 Å². The second-order valence-electron chi connectivity index (χ2n) is 9.61. The second kappa shape index (κ2) is 10.5. The highest BCUT2D eigenvalue weighted by atomic mass is 35.5. The lowest BCUT2D eigenvalue weighted by molar-refractivity contribution is -0.135. The van der Waals surface area contributed by atoms with Gasteiger partial charge in [-0.25, -0.2) is 9.97 Å². The number of nitrogens with zero attached hydrogens (tertiary/aromatic N) is 4. The van der Waals surface area contributed by atoms with E-state index in [2.05, 4.69) is 20.2 Å². The van der Waals surface area contributed by atoms with Crippen LogP contribution in [0.15, 0.2) is 36.7 Å². The van der Waals surface area contributed by atoms with Gasteiger partial charge in [0, 0.05) is 48.3 Å². The van der Waals surface area contributed by atoms with Crippen molar-refractivity contribution in [3.8, 4) is 11.5 Å². The van der Waals surface area contributed by atoms with E-state index in [-0.39, 0.29) is 12.0 Å². The van der Waals surface area contributed by atoms with Crippen molar-refractivity contribution in [1.82, 2.24) is 19.8 Å². The summed E-state index contributed by atoms with van der Waals surface area (Å²) >= 11 is 6.31. The zero-order valence-corrected chi connectivity index (χ0v) is 21.7. The van der Waals surface area contributed by atoms with Gasteiger partial charge in [-0.2, -0.15) is 0 Å².